The van der Waals surface area contributed by atoms with Gasteiger partial charge in [0, 0.05) is 10.6 Å². The van der Waals surface area contributed by atoms with Gasteiger partial charge < -0.3 is 10.1 Å². The van der Waals surface area contributed by atoms with Crippen LogP contribution < -0.4 is 15.0 Å². The third-order valence-corrected chi connectivity index (χ3v) is 5.81. The molecule has 3 aromatic rings. The van der Waals surface area contributed by atoms with E-state index in [1.807, 2.05) is 31.2 Å². The highest BCUT2D eigenvalue weighted by Gasteiger charge is 2.41. The topological polar surface area (TPSA) is 58.6 Å². The molecule has 5 nitrogen and oxygen atoms in total. The minimum Gasteiger partial charge on any atom is -0.495 e. The average molecular weight is 434 g/mol. The van der Waals surface area contributed by atoms with Crippen LogP contribution in [0.15, 0.2) is 88.3 Å². The summed E-state index contributed by atoms with van der Waals surface area (Å²) in [5.41, 5.74) is 2.08. The van der Waals surface area contributed by atoms with Crippen molar-refractivity contribution in [2.75, 3.05) is 17.3 Å². The first-order valence-electron chi connectivity index (χ1n) is 9.51. The maximum Gasteiger partial charge on any atom is 0.283 e. The first-order chi connectivity index (χ1) is 15.0. The molecule has 2 amide bonds. The van der Waals surface area contributed by atoms with Gasteiger partial charge in [0.05, 0.1) is 12.8 Å². The normalized spacial score (nSPS) is 13.7. The third kappa shape index (κ3) is 4.18. The number of nitrogens with zero attached hydrogens (tertiary/aromatic N) is 1. The highest BCUT2D eigenvalue weighted by Crippen LogP contribution is 2.40. The summed E-state index contributed by atoms with van der Waals surface area (Å²) in [6, 6.07) is 20.1. The molecule has 0 unspecified atom stereocenters. The average Bonchev–Trinajstić information content (AvgIpc) is 3.00. The molecule has 0 aliphatic carbocycles. The van der Waals surface area contributed by atoms with Gasteiger partial charge in [-0.25, -0.2) is 9.29 Å². The Hall–Kier alpha value is -3.58. The van der Waals surface area contributed by atoms with Gasteiger partial charge in [0.1, 0.15) is 22.2 Å². The Morgan fingerprint density at radius 1 is 0.903 bits per heavy atom. The zero-order valence-corrected chi connectivity index (χ0v) is 17.7. The van der Waals surface area contributed by atoms with Crippen molar-refractivity contribution in [3.05, 3.63) is 94.8 Å². The van der Waals surface area contributed by atoms with Gasteiger partial charge in [0.15, 0.2) is 0 Å². The zero-order valence-electron chi connectivity index (χ0n) is 16.9. The van der Waals surface area contributed by atoms with Gasteiger partial charge in [0.25, 0.3) is 11.8 Å². The van der Waals surface area contributed by atoms with Crippen LogP contribution in [0, 0.1) is 12.7 Å². The van der Waals surface area contributed by atoms with Crippen molar-refractivity contribution in [3.8, 4) is 5.75 Å². The van der Waals surface area contributed by atoms with Crippen LogP contribution in [0.3, 0.4) is 0 Å². The highest BCUT2D eigenvalue weighted by molar-refractivity contribution is 8.04. The summed E-state index contributed by atoms with van der Waals surface area (Å²) in [5.74, 6) is -0.941. The molecule has 1 aliphatic rings. The van der Waals surface area contributed by atoms with E-state index in [-0.39, 0.29) is 10.6 Å². The second-order valence-electron chi connectivity index (χ2n) is 6.87. The number of nitrogens with one attached hydrogen (secondary N) is 1. The lowest BCUT2D eigenvalue weighted by Gasteiger charge is -2.18. The van der Waals surface area contributed by atoms with Crippen molar-refractivity contribution >= 4 is 35.0 Å². The number of hydrogen-bond donors (Lipinski definition) is 1. The molecular formula is C24H19FN2O3S. The Kier molecular flexibility index (Phi) is 5.77. The van der Waals surface area contributed by atoms with E-state index in [1.54, 1.807) is 24.3 Å². The smallest absolute Gasteiger partial charge is 0.283 e. The molecule has 0 saturated carbocycles. The fraction of sp³-hybridized carbons (Fsp3) is 0.0833. The zero-order chi connectivity index (χ0) is 22.0. The van der Waals surface area contributed by atoms with E-state index >= 15 is 0 Å². The van der Waals surface area contributed by atoms with Gasteiger partial charge >= 0.3 is 0 Å². The Bertz CT molecular complexity index is 1100. The van der Waals surface area contributed by atoms with E-state index < -0.39 is 17.6 Å². The molecule has 3 aromatic carbocycles. The quantitative estimate of drug-likeness (QED) is 0.545. The molecule has 0 radical (unpaired) electrons. The van der Waals surface area contributed by atoms with Crippen molar-refractivity contribution in [1.29, 1.82) is 0 Å². The first kappa shape index (κ1) is 20.7. The number of rotatable bonds is 6. The molecule has 1 N–H and O–H groups in total. The minimum absolute atomic E-state index is 0.132. The minimum atomic E-state index is -0.506. The predicted octanol–water partition coefficient (Wildman–Crippen LogP) is 5.13. The molecule has 31 heavy (non-hydrogen) atoms. The second kappa shape index (κ2) is 8.65. The van der Waals surface area contributed by atoms with E-state index in [0.29, 0.717) is 17.1 Å². The molecular weight excluding hydrogens is 415 g/mol. The highest BCUT2D eigenvalue weighted by atomic mass is 32.2. The maximum absolute atomic E-state index is 13.4. The van der Waals surface area contributed by atoms with E-state index in [0.717, 1.165) is 15.4 Å². The molecule has 1 aliphatic heterocycles. The molecule has 4 rings (SSSR count). The van der Waals surface area contributed by atoms with Crippen molar-refractivity contribution in [3.63, 3.8) is 0 Å². The van der Waals surface area contributed by atoms with E-state index in [9.17, 15) is 14.0 Å². The van der Waals surface area contributed by atoms with Gasteiger partial charge in [-0.2, -0.15) is 0 Å². The van der Waals surface area contributed by atoms with E-state index in [4.69, 9.17) is 4.74 Å². The Labute approximate surface area is 183 Å². The van der Waals surface area contributed by atoms with Gasteiger partial charge in [-0.1, -0.05) is 41.6 Å². The summed E-state index contributed by atoms with van der Waals surface area (Å²) in [6.45, 7) is 1.98. The van der Waals surface area contributed by atoms with Crippen LogP contribution in [0.2, 0.25) is 0 Å². The summed E-state index contributed by atoms with van der Waals surface area (Å²) in [6.07, 6.45) is 0. The number of aryl methyl sites for hydroxylation is 1. The van der Waals surface area contributed by atoms with Crippen LogP contribution in [0.1, 0.15) is 5.56 Å². The van der Waals surface area contributed by atoms with Crippen LogP contribution >= 0.6 is 11.8 Å². The summed E-state index contributed by atoms with van der Waals surface area (Å²) in [4.78, 5) is 28.9. The standard InChI is InChI=1S/C24H19FN2O3S/c1-15-7-13-18(14-8-15)31-22-21(26-17-11-9-16(25)10-12-17)23(28)27(24(22)29)19-5-3-4-6-20(19)30-2/h3-14,26H,1-2H3. The van der Waals surface area contributed by atoms with Crippen LogP contribution in [-0.2, 0) is 9.59 Å². The van der Waals surface area contributed by atoms with Crippen molar-refractivity contribution in [1.82, 2.24) is 0 Å². The number of methoxy groups -OCH3 is 1. The second-order valence-corrected chi connectivity index (χ2v) is 7.95. The van der Waals surface area contributed by atoms with Gasteiger partial charge in [-0.3, -0.25) is 9.59 Å². The van der Waals surface area contributed by atoms with Gasteiger partial charge in [-0.15, -0.1) is 0 Å². The van der Waals surface area contributed by atoms with Crippen molar-refractivity contribution < 1.29 is 18.7 Å². The largest absolute Gasteiger partial charge is 0.495 e. The first-order valence-corrected chi connectivity index (χ1v) is 10.3. The molecule has 156 valence electrons. The fourth-order valence-corrected chi connectivity index (χ4v) is 4.08. The molecule has 7 heteroatoms. The lowest BCUT2D eigenvalue weighted by atomic mass is 10.2. The van der Waals surface area contributed by atoms with Crippen molar-refractivity contribution in [2.24, 2.45) is 0 Å². The monoisotopic (exact) mass is 434 g/mol. The summed E-state index contributed by atoms with van der Waals surface area (Å²) in [5, 5.41) is 3.01. The molecule has 0 aromatic heterocycles. The van der Waals surface area contributed by atoms with Crippen LogP contribution in [-0.4, -0.2) is 18.9 Å². The number of thioether (sulfide) groups is 1. The van der Waals surface area contributed by atoms with E-state index in [2.05, 4.69) is 5.32 Å². The Balaban J connectivity index is 1.76. The number of halogens is 1. The number of imide groups is 1. The number of ether oxygens (including phenoxy) is 1. The summed E-state index contributed by atoms with van der Waals surface area (Å²) < 4.78 is 18.7. The molecule has 0 bridgehead atoms. The fourth-order valence-electron chi connectivity index (χ4n) is 3.15. The number of anilines is 2. The number of carbonyl (C=O) groups excluding carboxylic acids is 2. The molecule has 0 saturated heterocycles. The number of para-hydroxylation sites is 2. The Morgan fingerprint density at radius 3 is 2.26 bits per heavy atom. The number of amides is 2. The van der Waals surface area contributed by atoms with Gasteiger partial charge in [-0.05, 0) is 55.5 Å². The predicted molar refractivity (Wildman–Crippen MR) is 120 cm³/mol. The lowest BCUT2D eigenvalue weighted by Crippen LogP contribution is -2.32. The molecule has 0 atom stereocenters. The summed E-state index contributed by atoms with van der Waals surface area (Å²) >= 11 is 1.20. The summed E-state index contributed by atoms with van der Waals surface area (Å²) in [7, 11) is 1.48. The Morgan fingerprint density at radius 2 is 1.58 bits per heavy atom. The van der Waals surface area contributed by atoms with Gasteiger partial charge in [0.2, 0.25) is 0 Å². The van der Waals surface area contributed by atoms with E-state index in [1.165, 1.54) is 43.1 Å². The maximum atomic E-state index is 13.4. The van der Waals surface area contributed by atoms with Crippen molar-refractivity contribution in [2.45, 2.75) is 11.8 Å². The molecule has 0 spiro atoms. The molecule has 0 fully saturated rings. The number of benzene rings is 3. The number of hydrogen-bond acceptors (Lipinski definition) is 5. The SMILES string of the molecule is COc1ccccc1N1C(=O)C(Nc2ccc(F)cc2)=C(Sc2ccc(C)cc2)C1=O. The third-order valence-electron chi connectivity index (χ3n) is 4.72. The lowest BCUT2D eigenvalue weighted by molar-refractivity contribution is -0.120. The van der Waals surface area contributed by atoms with Crippen LogP contribution in [0.25, 0.3) is 0 Å². The van der Waals surface area contributed by atoms with Crippen LogP contribution in [0.4, 0.5) is 15.8 Å². The molecule has 1 heterocycles. The van der Waals surface area contributed by atoms with Crippen LogP contribution in [0.5, 0.6) is 5.75 Å². The number of carbonyl (C=O) groups is 2.